The second-order valence-electron chi connectivity index (χ2n) is 11.2. The molecule has 0 aromatic heterocycles. The molecule has 0 aliphatic rings. The molecule has 0 N–H and O–H groups in total. The monoisotopic (exact) mass is 490 g/mol. The van der Waals surface area contributed by atoms with Crippen molar-refractivity contribution in [3.05, 3.63) is 24.3 Å². The molecule has 35 heavy (non-hydrogen) atoms. The molecule has 0 radical (unpaired) electrons. The molecule has 1 heteroatoms. The summed E-state index contributed by atoms with van der Waals surface area (Å²) in [6, 6.07) is 0. The van der Waals surface area contributed by atoms with Crippen LogP contribution in [-0.4, -0.2) is 24.5 Å². The van der Waals surface area contributed by atoms with Crippen LogP contribution in [0.5, 0.6) is 0 Å². The van der Waals surface area contributed by atoms with Crippen molar-refractivity contribution in [2.45, 2.75) is 169 Å². The molecule has 0 saturated carbocycles. The molecule has 0 heterocycles. The highest BCUT2D eigenvalue weighted by Crippen LogP contribution is 2.23. The van der Waals surface area contributed by atoms with Crippen LogP contribution in [0.25, 0.3) is 0 Å². The van der Waals surface area contributed by atoms with Crippen molar-refractivity contribution in [1.82, 2.24) is 4.90 Å². The number of hydrogen-bond acceptors (Lipinski definition) is 1. The normalized spacial score (nSPS) is 12.7. The Balaban J connectivity index is 3.50. The van der Waals surface area contributed by atoms with Gasteiger partial charge in [-0.3, -0.25) is 4.90 Å². The van der Waals surface area contributed by atoms with Gasteiger partial charge in [-0.2, -0.15) is 0 Å². The number of nitrogens with zero attached hydrogens (tertiary/aromatic N) is 1. The molecule has 0 fully saturated rings. The zero-order valence-corrected chi connectivity index (χ0v) is 25.1. The van der Waals surface area contributed by atoms with Gasteiger partial charge in [-0.25, -0.2) is 0 Å². The Bertz CT molecular complexity index is 448. The largest absolute Gasteiger partial charge is 0.300 e. The molecule has 0 spiro atoms. The Kier molecular flexibility index (Phi) is 27.6. The van der Waals surface area contributed by atoms with Gasteiger partial charge in [0.05, 0.1) is 0 Å². The average Bonchev–Trinajstić information content (AvgIpc) is 2.87. The summed E-state index contributed by atoms with van der Waals surface area (Å²) in [7, 11) is 0. The van der Waals surface area contributed by atoms with Crippen LogP contribution < -0.4 is 0 Å². The fourth-order valence-electron chi connectivity index (χ4n) is 5.30. The maximum atomic E-state index is 4.37. The van der Waals surface area contributed by atoms with Crippen LogP contribution in [0.3, 0.4) is 0 Å². The average molecular weight is 490 g/mol. The van der Waals surface area contributed by atoms with Crippen LogP contribution in [0.2, 0.25) is 0 Å². The molecule has 0 amide bonds. The Labute approximate surface area is 223 Å². The van der Waals surface area contributed by atoms with Crippen LogP contribution >= 0.6 is 0 Å². The van der Waals surface area contributed by atoms with Gasteiger partial charge >= 0.3 is 0 Å². The van der Waals surface area contributed by atoms with Gasteiger partial charge in [-0.1, -0.05) is 155 Å². The highest BCUT2D eigenvalue weighted by molar-refractivity contribution is 4.97. The molecule has 208 valence electrons. The van der Waals surface area contributed by atoms with E-state index in [2.05, 4.69) is 51.3 Å². The minimum Gasteiger partial charge on any atom is -0.300 e. The third-order valence-corrected chi connectivity index (χ3v) is 7.82. The van der Waals surface area contributed by atoms with Gasteiger partial charge in [0, 0.05) is 6.54 Å². The lowest BCUT2D eigenvalue weighted by molar-refractivity contribution is 0.321. The second kappa shape index (κ2) is 28.0. The highest BCUT2D eigenvalue weighted by atomic mass is 15.1. The van der Waals surface area contributed by atoms with E-state index in [0.717, 1.165) is 25.6 Å². The van der Waals surface area contributed by atoms with Crippen molar-refractivity contribution in [2.24, 2.45) is 5.92 Å². The third-order valence-electron chi connectivity index (χ3n) is 7.82. The van der Waals surface area contributed by atoms with E-state index in [-0.39, 0.29) is 0 Å². The number of allylic oxidation sites excluding steroid dienone is 2. The molecule has 0 aliphatic carbocycles. The first-order chi connectivity index (χ1) is 17.2. The first-order valence-electron chi connectivity index (χ1n) is 16.2. The summed E-state index contributed by atoms with van der Waals surface area (Å²) in [4.78, 5) is 2.49. The summed E-state index contributed by atoms with van der Waals surface area (Å²) < 4.78 is 0. The molecule has 1 atom stereocenters. The van der Waals surface area contributed by atoms with Gasteiger partial charge in [-0.15, -0.1) is 0 Å². The standard InChI is InChI=1S/C34H67N/c1-6-10-11-12-13-14-15-16-17-18-19-20-21-22-23-24-25-26-27-29-34(28-7-2)31-30-33(5)32-35(8-3)9-4/h13-14,34H,5-12,15-32H2,1-4H3/b14-13-. The molecule has 1 nitrogen and oxygen atoms in total. The molecule has 0 rings (SSSR count). The van der Waals surface area contributed by atoms with E-state index in [1.54, 1.807) is 0 Å². The second-order valence-corrected chi connectivity index (χ2v) is 11.2. The SMILES string of the molecule is C=C(CCC(CCC)CCCCCCCCCCCCCC/C=C\CCCCC)CN(CC)CC. The summed E-state index contributed by atoms with van der Waals surface area (Å²) >= 11 is 0. The van der Waals surface area contributed by atoms with Crippen molar-refractivity contribution < 1.29 is 0 Å². The fraction of sp³-hybridized carbons (Fsp3) is 0.882. The zero-order valence-electron chi connectivity index (χ0n) is 25.1. The third kappa shape index (κ3) is 24.9. The van der Waals surface area contributed by atoms with Gasteiger partial charge < -0.3 is 0 Å². The molecule has 0 saturated heterocycles. The number of likely N-dealkylation sites (N-methyl/N-ethyl adjacent to an activating group) is 1. The lowest BCUT2D eigenvalue weighted by atomic mass is 9.90. The molecule has 1 unspecified atom stereocenters. The number of unbranched alkanes of at least 4 members (excludes halogenated alkanes) is 15. The van der Waals surface area contributed by atoms with E-state index in [1.165, 1.54) is 147 Å². The topological polar surface area (TPSA) is 3.24 Å². The quantitative estimate of drug-likeness (QED) is 0.0780. The van der Waals surface area contributed by atoms with E-state index in [1.807, 2.05) is 0 Å². The predicted octanol–water partition coefficient (Wildman–Crippen LogP) is 11.7. The van der Waals surface area contributed by atoms with E-state index >= 15 is 0 Å². The molecule has 0 bridgehead atoms. The molecule has 0 aromatic carbocycles. The molecule has 0 aliphatic heterocycles. The minimum absolute atomic E-state index is 0.926. The Hall–Kier alpha value is -0.560. The maximum Gasteiger partial charge on any atom is 0.0189 e. The molecule has 0 aromatic rings. The fourth-order valence-corrected chi connectivity index (χ4v) is 5.30. The van der Waals surface area contributed by atoms with Gasteiger partial charge in [0.25, 0.3) is 0 Å². The van der Waals surface area contributed by atoms with E-state index in [9.17, 15) is 0 Å². The summed E-state index contributed by atoms with van der Waals surface area (Å²) in [5.41, 5.74) is 1.44. The van der Waals surface area contributed by atoms with Crippen LogP contribution in [0.1, 0.15) is 169 Å². The Morgan fingerprint density at radius 2 is 1.06 bits per heavy atom. The van der Waals surface area contributed by atoms with Crippen molar-refractivity contribution in [3.8, 4) is 0 Å². The molecular formula is C34H67N. The predicted molar refractivity (Wildman–Crippen MR) is 162 cm³/mol. The number of rotatable bonds is 28. The van der Waals surface area contributed by atoms with Crippen LogP contribution in [0, 0.1) is 5.92 Å². The van der Waals surface area contributed by atoms with Gasteiger partial charge in [0.1, 0.15) is 0 Å². The van der Waals surface area contributed by atoms with E-state index in [0.29, 0.717) is 0 Å². The zero-order chi connectivity index (χ0) is 25.8. The first kappa shape index (κ1) is 34.4. The van der Waals surface area contributed by atoms with Gasteiger partial charge in [0.15, 0.2) is 0 Å². The Morgan fingerprint density at radius 1 is 0.571 bits per heavy atom. The lowest BCUT2D eigenvalue weighted by Gasteiger charge is -2.21. The summed E-state index contributed by atoms with van der Waals surface area (Å²) in [5.74, 6) is 0.926. The smallest absolute Gasteiger partial charge is 0.0189 e. The summed E-state index contributed by atoms with van der Waals surface area (Å²) in [6.07, 6.45) is 35.7. The van der Waals surface area contributed by atoms with Crippen LogP contribution in [0.15, 0.2) is 24.3 Å². The minimum atomic E-state index is 0.926. The van der Waals surface area contributed by atoms with E-state index in [4.69, 9.17) is 0 Å². The summed E-state index contributed by atoms with van der Waals surface area (Å²) in [6.45, 7) is 16.9. The van der Waals surface area contributed by atoms with Gasteiger partial charge in [-0.05, 0) is 57.5 Å². The summed E-state index contributed by atoms with van der Waals surface area (Å²) in [5, 5.41) is 0. The van der Waals surface area contributed by atoms with Crippen molar-refractivity contribution in [2.75, 3.05) is 19.6 Å². The highest BCUT2D eigenvalue weighted by Gasteiger charge is 2.10. The molecular weight excluding hydrogens is 422 g/mol. The lowest BCUT2D eigenvalue weighted by Crippen LogP contribution is -2.25. The van der Waals surface area contributed by atoms with Gasteiger partial charge in [0.2, 0.25) is 0 Å². The van der Waals surface area contributed by atoms with Crippen molar-refractivity contribution in [1.29, 1.82) is 0 Å². The maximum absolute atomic E-state index is 4.37. The van der Waals surface area contributed by atoms with Crippen molar-refractivity contribution in [3.63, 3.8) is 0 Å². The van der Waals surface area contributed by atoms with E-state index < -0.39 is 0 Å². The Morgan fingerprint density at radius 3 is 1.54 bits per heavy atom. The first-order valence-corrected chi connectivity index (χ1v) is 16.2. The van der Waals surface area contributed by atoms with Crippen LogP contribution in [0.4, 0.5) is 0 Å². The van der Waals surface area contributed by atoms with Crippen LogP contribution in [-0.2, 0) is 0 Å². The van der Waals surface area contributed by atoms with Crippen molar-refractivity contribution >= 4 is 0 Å². The number of hydrogen-bond donors (Lipinski definition) is 0.